The average Bonchev–Trinajstić information content (AvgIpc) is 2.70. The van der Waals surface area contributed by atoms with Crippen LogP contribution in [-0.4, -0.2) is 36.5 Å². The van der Waals surface area contributed by atoms with E-state index in [2.05, 4.69) is 16.2 Å². The number of fused-ring (bicyclic) bond motifs is 1. The van der Waals surface area contributed by atoms with Gasteiger partial charge in [-0.05, 0) is 18.2 Å². The Morgan fingerprint density at radius 1 is 1.15 bits per heavy atom. The summed E-state index contributed by atoms with van der Waals surface area (Å²) in [6.45, 7) is -0.0166. The first-order valence-electron chi connectivity index (χ1n) is 7.94. The summed E-state index contributed by atoms with van der Waals surface area (Å²) in [6, 6.07) is 10.7. The van der Waals surface area contributed by atoms with E-state index in [1.54, 1.807) is 31.3 Å². The highest BCUT2D eigenvalue weighted by Crippen LogP contribution is 2.30. The Morgan fingerprint density at radius 2 is 1.89 bits per heavy atom. The van der Waals surface area contributed by atoms with Crippen molar-refractivity contribution in [2.24, 2.45) is 0 Å². The van der Waals surface area contributed by atoms with E-state index in [0.29, 0.717) is 17.2 Å². The lowest BCUT2D eigenvalue weighted by Gasteiger charge is -2.25. The molecule has 0 aromatic heterocycles. The number of carbonyl (C=O) groups is 2. The highest BCUT2D eigenvalue weighted by molar-refractivity contribution is 6.01. The molecule has 10 heteroatoms. The second-order valence-corrected chi connectivity index (χ2v) is 5.54. The fraction of sp³-hybridized carbons (Fsp3) is 0.176. The number of nitro groups is 1. The van der Waals surface area contributed by atoms with Crippen molar-refractivity contribution in [3.05, 3.63) is 58.1 Å². The Labute approximate surface area is 153 Å². The molecule has 0 saturated carbocycles. The van der Waals surface area contributed by atoms with Gasteiger partial charge in [0.15, 0.2) is 11.5 Å². The van der Waals surface area contributed by atoms with E-state index in [1.165, 1.54) is 12.1 Å². The number of para-hydroxylation sites is 2. The Bertz CT molecular complexity index is 901. The molecule has 3 rings (SSSR count). The monoisotopic (exact) mass is 372 g/mol. The van der Waals surface area contributed by atoms with Crippen molar-refractivity contribution in [3.63, 3.8) is 0 Å². The summed E-state index contributed by atoms with van der Waals surface area (Å²) in [6.07, 6.45) is -0.950. The smallest absolute Gasteiger partial charge is 0.283 e. The van der Waals surface area contributed by atoms with Crippen LogP contribution in [0.4, 0.5) is 11.4 Å². The maximum Gasteiger partial charge on any atom is 0.283 e. The predicted molar refractivity (Wildman–Crippen MR) is 94.6 cm³/mol. The van der Waals surface area contributed by atoms with Crippen molar-refractivity contribution < 1.29 is 24.0 Å². The summed E-state index contributed by atoms with van der Waals surface area (Å²) < 4.78 is 11.0. The number of benzene rings is 2. The normalized spacial score (nSPS) is 14.8. The summed E-state index contributed by atoms with van der Waals surface area (Å²) in [4.78, 5) is 34.8. The second kappa shape index (κ2) is 7.60. The summed E-state index contributed by atoms with van der Waals surface area (Å²) >= 11 is 0. The van der Waals surface area contributed by atoms with E-state index in [1.807, 2.05) is 0 Å². The Hall–Kier alpha value is -3.82. The van der Waals surface area contributed by atoms with Crippen LogP contribution in [0.5, 0.6) is 11.5 Å². The number of non-ortho nitro benzene ring substituents is 1. The first-order valence-corrected chi connectivity index (χ1v) is 7.94. The van der Waals surface area contributed by atoms with Crippen LogP contribution in [0.3, 0.4) is 0 Å². The second-order valence-electron chi connectivity index (χ2n) is 5.54. The molecule has 2 aromatic rings. The number of hydrogen-bond donors (Lipinski definition) is 3. The predicted octanol–water partition coefficient (Wildman–Crippen LogP) is 1.24. The van der Waals surface area contributed by atoms with E-state index in [9.17, 15) is 19.7 Å². The van der Waals surface area contributed by atoms with Gasteiger partial charge in [0.1, 0.15) is 6.61 Å². The third-order valence-electron chi connectivity index (χ3n) is 3.83. The molecule has 2 amide bonds. The number of nitrogens with zero attached hydrogens (tertiary/aromatic N) is 1. The van der Waals surface area contributed by atoms with Gasteiger partial charge in [0.05, 0.1) is 10.5 Å². The molecular weight excluding hydrogens is 356 g/mol. The van der Waals surface area contributed by atoms with Crippen molar-refractivity contribution in [1.29, 1.82) is 0 Å². The summed E-state index contributed by atoms with van der Waals surface area (Å²) in [5.41, 5.74) is 4.61. The minimum atomic E-state index is -0.950. The molecular formula is C17H16N4O6. The van der Waals surface area contributed by atoms with Gasteiger partial charge >= 0.3 is 0 Å². The maximum atomic E-state index is 12.3. The number of rotatable bonds is 4. The fourth-order valence-electron chi connectivity index (χ4n) is 2.47. The SMILES string of the molecule is CNc1ccc([N+](=O)[O-])cc1C(=O)NNC(=O)C1COc2ccccc2O1. The van der Waals surface area contributed by atoms with Crippen molar-refractivity contribution in [2.75, 3.05) is 19.0 Å². The number of amides is 2. The van der Waals surface area contributed by atoms with Crippen LogP contribution < -0.4 is 25.6 Å². The average molecular weight is 372 g/mol. The molecule has 0 bridgehead atoms. The lowest BCUT2D eigenvalue weighted by atomic mass is 10.1. The van der Waals surface area contributed by atoms with Gasteiger partial charge in [-0.3, -0.25) is 30.6 Å². The van der Waals surface area contributed by atoms with E-state index in [0.717, 1.165) is 6.07 Å². The van der Waals surface area contributed by atoms with Gasteiger partial charge in [-0.1, -0.05) is 12.1 Å². The Morgan fingerprint density at radius 3 is 2.59 bits per heavy atom. The highest BCUT2D eigenvalue weighted by atomic mass is 16.6. The highest BCUT2D eigenvalue weighted by Gasteiger charge is 2.28. The van der Waals surface area contributed by atoms with Crippen LogP contribution in [0, 0.1) is 10.1 Å². The first-order chi connectivity index (χ1) is 13.0. The quantitative estimate of drug-likeness (QED) is 0.543. The molecule has 0 aliphatic carbocycles. The molecule has 1 atom stereocenters. The number of nitro benzene ring substituents is 1. The molecule has 1 unspecified atom stereocenters. The lowest BCUT2D eigenvalue weighted by Crippen LogP contribution is -2.50. The summed E-state index contributed by atoms with van der Waals surface area (Å²) in [5, 5.41) is 13.7. The fourth-order valence-corrected chi connectivity index (χ4v) is 2.47. The number of nitrogens with one attached hydrogen (secondary N) is 3. The first kappa shape index (κ1) is 18.0. The zero-order valence-electron chi connectivity index (χ0n) is 14.2. The maximum absolute atomic E-state index is 12.3. The van der Waals surface area contributed by atoms with Crippen LogP contribution in [0.2, 0.25) is 0 Å². The number of ether oxygens (including phenoxy) is 2. The van der Waals surface area contributed by atoms with E-state index in [4.69, 9.17) is 9.47 Å². The molecule has 1 aliphatic heterocycles. The van der Waals surface area contributed by atoms with Gasteiger partial charge in [-0.2, -0.15) is 0 Å². The van der Waals surface area contributed by atoms with Crippen molar-refractivity contribution >= 4 is 23.2 Å². The molecule has 0 spiro atoms. The number of anilines is 1. The third-order valence-corrected chi connectivity index (χ3v) is 3.83. The molecule has 0 radical (unpaired) electrons. The number of carbonyl (C=O) groups excluding carboxylic acids is 2. The molecule has 1 aliphatic rings. The minimum absolute atomic E-state index is 0.0122. The Balaban J connectivity index is 1.65. The molecule has 1 heterocycles. The van der Waals surface area contributed by atoms with Crippen LogP contribution in [0.1, 0.15) is 10.4 Å². The van der Waals surface area contributed by atoms with E-state index >= 15 is 0 Å². The zero-order chi connectivity index (χ0) is 19.4. The molecule has 10 nitrogen and oxygen atoms in total. The van der Waals surface area contributed by atoms with Crippen LogP contribution in [0.25, 0.3) is 0 Å². The van der Waals surface area contributed by atoms with E-state index in [-0.39, 0.29) is 17.9 Å². The van der Waals surface area contributed by atoms with Crippen LogP contribution in [-0.2, 0) is 4.79 Å². The number of hydrazine groups is 1. The third kappa shape index (κ3) is 3.89. The summed E-state index contributed by atoms with van der Waals surface area (Å²) in [5.74, 6) is -0.380. The van der Waals surface area contributed by atoms with Gasteiger partial charge in [0, 0.05) is 24.9 Å². The van der Waals surface area contributed by atoms with Gasteiger partial charge < -0.3 is 14.8 Å². The van der Waals surface area contributed by atoms with Gasteiger partial charge in [-0.15, -0.1) is 0 Å². The summed E-state index contributed by atoms with van der Waals surface area (Å²) in [7, 11) is 1.57. The van der Waals surface area contributed by atoms with Crippen LogP contribution >= 0.6 is 0 Å². The standard InChI is InChI=1S/C17H16N4O6/c1-18-12-7-6-10(21(24)25)8-11(12)16(22)19-20-17(23)15-9-26-13-4-2-3-5-14(13)27-15/h2-8,15,18H,9H2,1H3,(H,19,22)(H,20,23). The Kier molecular flexibility index (Phi) is 5.06. The number of hydrogen-bond acceptors (Lipinski definition) is 7. The van der Waals surface area contributed by atoms with Crippen molar-refractivity contribution in [3.8, 4) is 11.5 Å². The van der Waals surface area contributed by atoms with Crippen LogP contribution in [0.15, 0.2) is 42.5 Å². The largest absolute Gasteiger partial charge is 0.485 e. The molecule has 0 fully saturated rings. The van der Waals surface area contributed by atoms with Gasteiger partial charge in [-0.25, -0.2) is 0 Å². The van der Waals surface area contributed by atoms with Gasteiger partial charge in [0.25, 0.3) is 17.5 Å². The molecule has 140 valence electrons. The van der Waals surface area contributed by atoms with Gasteiger partial charge in [0.2, 0.25) is 6.10 Å². The molecule has 27 heavy (non-hydrogen) atoms. The lowest BCUT2D eigenvalue weighted by molar-refractivity contribution is -0.384. The molecule has 2 aromatic carbocycles. The molecule has 3 N–H and O–H groups in total. The van der Waals surface area contributed by atoms with Crippen molar-refractivity contribution in [1.82, 2.24) is 10.9 Å². The van der Waals surface area contributed by atoms with E-state index < -0.39 is 22.8 Å². The molecule has 0 saturated heterocycles. The minimum Gasteiger partial charge on any atom is -0.485 e. The zero-order valence-corrected chi connectivity index (χ0v) is 14.2. The topological polar surface area (TPSA) is 132 Å². The van der Waals surface area contributed by atoms with Crippen molar-refractivity contribution in [2.45, 2.75) is 6.10 Å².